The molecule has 2 atom stereocenters. The zero-order valence-corrected chi connectivity index (χ0v) is 14.5. The van der Waals surface area contributed by atoms with E-state index in [2.05, 4.69) is 61.5 Å². The molecule has 0 unspecified atom stereocenters. The SMILES string of the molecule is Cc1oc(-c2ccccc2)c2c1C[C@@H]1CCC[C@@]2(c2ccccc2)O1. The van der Waals surface area contributed by atoms with E-state index in [1.807, 2.05) is 6.07 Å². The van der Waals surface area contributed by atoms with Crippen molar-refractivity contribution in [2.75, 3.05) is 0 Å². The first-order valence-electron chi connectivity index (χ1n) is 9.19. The highest BCUT2D eigenvalue weighted by atomic mass is 16.5. The van der Waals surface area contributed by atoms with Crippen molar-refractivity contribution < 1.29 is 9.15 Å². The van der Waals surface area contributed by atoms with E-state index in [1.54, 1.807) is 0 Å². The summed E-state index contributed by atoms with van der Waals surface area (Å²) in [5.74, 6) is 2.03. The molecular formula is C23H22O2. The third-order valence-electron chi connectivity index (χ3n) is 5.74. The van der Waals surface area contributed by atoms with Gasteiger partial charge < -0.3 is 9.15 Å². The van der Waals surface area contributed by atoms with E-state index >= 15 is 0 Å². The smallest absolute Gasteiger partial charge is 0.140 e. The molecule has 2 nitrogen and oxygen atoms in total. The van der Waals surface area contributed by atoms with Crippen LogP contribution in [0, 0.1) is 6.92 Å². The fourth-order valence-electron chi connectivity index (χ4n) is 4.64. The standard InChI is InChI=1S/C23H22O2/c1-16-20-15-19-13-8-14-23(25-19,18-11-6-3-7-12-18)21(20)22(24-16)17-9-4-2-5-10-17/h2-7,9-12,19H,8,13-15H2,1H3/t19-,23-/m0/s1. The number of rotatable bonds is 2. The van der Waals surface area contributed by atoms with Gasteiger partial charge in [-0.3, -0.25) is 0 Å². The molecule has 2 bridgehead atoms. The van der Waals surface area contributed by atoms with Gasteiger partial charge in [-0.1, -0.05) is 60.7 Å². The minimum Gasteiger partial charge on any atom is -0.461 e. The van der Waals surface area contributed by atoms with E-state index in [1.165, 1.54) is 23.1 Å². The van der Waals surface area contributed by atoms with Crippen molar-refractivity contribution in [1.29, 1.82) is 0 Å². The zero-order valence-electron chi connectivity index (χ0n) is 14.5. The van der Waals surface area contributed by atoms with Crippen molar-refractivity contribution in [3.8, 4) is 11.3 Å². The lowest BCUT2D eigenvalue weighted by Gasteiger charge is -2.46. The minimum absolute atomic E-state index is 0.293. The van der Waals surface area contributed by atoms with Crippen molar-refractivity contribution in [3.05, 3.63) is 83.1 Å². The summed E-state index contributed by atoms with van der Waals surface area (Å²) in [6.45, 7) is 2.10. The summed E-state index contributed by atoms with van der Waals surface area (Å²) < 4.78 is 13.1. The quantitative estimate of drug-likeness (QED) is 0.608. The molecule has 0 amide bonds. The molecule has 3 heterocycles. The number of hydrogen-bond acceptors (Lipinski definition) is 2. The van der Waals surface area contributed by atoms with Gasteiger partial charge >= 0.3 is 0 Å². The molecule has 2 aromatic carbocycles. The van der Waals surface area contributed by atoms with E-state index in [-0.39, 0.29) is 5.60 Å². The first-order valence-corrected chi connectivity index (χ1v) is 9.19. The Morgan fingerprint density at radius 1 is 0.960 bits per heavy atom. The van der Waals surface area contributed by atoms with Crippen LogP contribution in [0.15, 0.2) is 65.1 Å². The Labute approximate surface area is 148 Å². The Morgan fingerprint density at radius 2 is 1.68 bits per heavy atom. The van der Waals surface area contributed by atoms with Gasteiger partial charge in [-0.25, -0.2) is 0 Å². The molecule has 2 heteroatoms. The van der Waals surface area contributed by atoms with Crippen LogP contribution in [0.5, 0.6) is 0 Å². The van der Waals surface area contributed by atoms with Gasteiger partial charge in [0.25, 0.3) is 0 Å². The number of benzene rings is 2. The fraction of sp³-hybridized carbons (Fsp3) is 0.304. The fourth-order valence-corrected chi connectivity index (χ4v) is 4.64. The summed E-state index contributed by atoms with van der Waals surface area (Å²) in [6, 6.07) is 21.2. The van der Waals surface area contributed by atoms with Crippen LogP contribution in [0.1, 0.15) is 41.7 Å². The normalized spacial score (nSPS) is 24.8. The summed E-state index contributed by atoms with van der Waals surface area (Å²) in [5, 5.41) is 0. The second-order valence-electron chi connectivity index (χ2n) is 7.24. The highest BCUT2D eigenvalue weighted by Crippen LogP contribution is 2.53. The molecule has 3 aromatic rings. The maximum Gasteiger partial charge on any atom is 0.140 e. The number of furan rings is 1. The predicted octanol–water partition coefficient (Wildman–Crippen LogP) is 5.62. The van der Waals surface area contributed by atoms with E-state index < -0.39 is 0 Å². The molecule has 0 aliphatic carbocycles. The van der Waals surface area contributed by atoms with E-state index in [9.17, 15) is 0 Å². The predicted molar refractivity (Wildman–Crippen MR) is 98.5 cm³/mol. The number of hydrogen-bond donors (Lipinski definition) is 0. The molecule has 0 N–H and O–H groups in total. The van der Waals surface area contributed by atoms with Crippen molar-refractivity contribution in [2.24, 2.45) is 0 Å². The lowest BCUT2D eigenvalue weighted by Crippen LogP contribution is -2.44. The van der Waals surface area contributed by atoms with Crippen LogP contribution < -0.4 is 0 Å². The molecule has 0 spiro atoms. The van der Waals surface area contributed by atoms with Gasteiger partial charge in [-0.2, -0.15) is 0 Å². The van der Waals surface area contributed by atoms with Crippen molar-refractivity contribution in [1.82, 2.24) is 0 Å². The first-order chi connectivity index (χ1) is 12.3. The molecule has 2 aliphatic heterocycles. The molecule has 1 saturated heterocycles. The molecule has 5 rings (SSSR count). The van der Waals surface area contributed by atoms with Gasteiger partial charge in [-0.05, 0) is 31.7 Å². The van der Waals surface area contributed by atoms with Crippen LogP contribution in [-0.4, -0.2) is 6.10 Å². The van der Waals surface area contributed by atoms with Crippen LogP contribution in [0.3, 0.4) is 0 Å². The molecule has 1 aromatic heterocycles. The van der Waals surface area contributed by atoms with Crippen molar-refractivity contribution >= 4 is 0 Å². The molecule has 1 fully saturated rings. The van der Waals surface area contributed by atoms with Crippen LogP contribution in [0.25, 0.3) is 11.3 Å². The number of ether oxygens (including phenoxy) is 1. The van der Waals surface area contributed by atoms with Gasteiger partial charge in [0.1, 0.15) is 17.1 Å². The molecular weight excluding hydrogens is 308 g/mol. The third kappa shape index (κ3) is 2.21. The van der Waals surface area contributed by atoms with Gasteiger partial charge in [0.15, 0.2) is 0 Å². The van der Waals surface area contributed by atoms with Crippen molar-refractivity contribution in [2.45, 2.75) is 44.3 Å². The van der Waals surface area contributed by atoms with Crippen LogP contribution >= 0.6 is 0 Å². The zero-order chi connectivity index (χ0) is 16.9. The lowest BCUT2D eigenvalue weighted by atomic mass is 9.73. The van der Waals surface area contributed by atoms with Crippen molar-refractivity contribution in [3.63, 3.8) is 0 Å². The third-order valence-corrected chi connectivity index (χ3v) is 5.74. The Kier molecular flexibility index (Phi) is 3.36. The second kappa shape index (κ2) is 5.60. The van der Waals surface area contributed by atoms with Crippen LogP contribution in [0.2, 0.25) is 0 Å². The van der Waals surface area contributed by atoms with Crippen LogP contribution in [0.4, 0.5) is 0 Å². The maximum absolute atomic E-state index is 6.74. The molecule has 25 heavy (non-hydrogen) atoms. The van der Waals surface area contributed by atoms with E-state index in [4.69, 9.17) is 9.15 Å². The summed E-state index contributed by atoms with van der Waals surface area (Å²) >= 11 is 0. The topological polar surface area (TPSA) is 22.4 Å². The molecule has 2 aliphatic rings. The Bertz CT molecular complexity index is 895. The van der Waals surface area contributed by atoms with Crippen LogP contribution in [-0.2, 0) is 16.8 Å². The average molecular weight is 330 g/mol. The Morgan fingerprint density at radius 3 is 2.44 bits per heavy atom. The highest BCUT2D eigenvalue weighted by Gasteiger charge is 2.49. The molecule has 0 saturated carbocycles. The van der Waals surface area contributed by atoms with Gasteiger partial charge in [0.05, 0.1) is 6.10 Å². The van der Waals surface area contributed by atoms with Gasteiger partial charge in [0.2, 0.25) is 0 Å². The summed E-state index contributed by atoms with van der Waals surface area (Å²) in [5.41, 5.74) is 4.63. The minimum atomic E-state index is -0.374. The van der Waals surface area contributed by atoms with Gasteiger partial charge in [0, 0.05) is 23.1 Å². The summed E-state index contributed by atoms with van der Waals surface area (Å²) in [4.78, 5) is 0. The highest BCUT2D eigenvalue weighted by molar-refractivity contribution is 5.68. The maximum atomic E-state index is 6.74. The Balaban J connectivity index is 1.80. The lowest BCUT2D eigenvalue weighted by molar-refractivity contribution is -0.118. The first kappa shape index (κ1) is 15.0. The van der Waals surface area contributed by atoms with E-state index in [0.717, 1.165) is 36.3 Å². The Hall–Kier alpha value is -2.32. The number of fused-ring (bicyclic) bond motifs is 4. The monoisotopic (exact) mass is 330 g/mol. The average Bonchev–Trinajstić information content (AvgIpc) is 3.00. The van der Waals surface area contributed by atoms with Gasteiger partial charge in [-0.15, -0.1) is 0 Å². The largest absolute Gasteiger partial charge is 0.461 e. The van der Waals surface area contributed by atoms with E-state index in [0.29, 0.717) is 6.10 Å². The second-order valence-corrected chi connectivity index (χ2v) is 7.24. The molecule has 0 radical (unpaired) electrons. The molecule has 126 valence electrons. The summed E-state index contributed by atoms with van der Waals surface area (Å²) in [6.07, 6.45) is 4.60. The summed E-state index contributed by atoms with van der Waals surface area (Å²) in [7, 11) is 0. The number of aryl methyl sites for hydroxylation is 1.